The standard InChI is InChI=1S/C21H24N6O4/c1-27(2)8-11-29-15-6-7-18-16(12-15)24-21(28)26-19-14-23-17(13-22)20(25-19)31-10-5-3-4-9-30-18/h3-4,6-7,12,14H,5,8-11H2,1-2H3,(H2,24,25,26,28)/b4-3+. The van der Waals surface area contributed by atoms with E-state index in [0.717, 1.165) is 6.54 Å². The lowest BCUT2D eigenvalue weighted by molar-refractivity contribution is 0.260. The molecule has 0 fully saturated rings. The fraction of sp³-hybridized carbons (Fsp3) is 0.333. The number of carbonyl (C=O) groups is 1. The molecule has 10 heteroatoms. The van der Waals surface area contributed by atoms with E-state index in [9.17, 15) is 10.1 Å². The summed E-state index contributed by atoms with van der Waals surface area (Å²) in [6.45, 7) is 1.88. The van der Waals surface area contributed by atoms with Gasteiger partial charge in [0.2, 0.25) is 5.69 Å². The van der Waals surface area contributed by atoms with Crippen LogP contribution in [0.15, 0.2) is 36.5 Å². The average molecular weight is 424 g/mol. The Morgan fingerprint density at radius 2 is 2.13 bits per heavy atom. The van der Waals surface area contributed by atoms with Crippen molar-refractivity contribution in [3.05, 3.63) is 42.2 Å². The summed E-state index contributed by atoms with van der Waals surface area (Å²) >= 11 is 0. The van der Waals surface area contributed by atoms with Crippen LogP contribution >= 0.6 is 0 Å². The van der Waals surface area contributed by atoms with Crippen molar-refractivity contribution in [1.29, 1.82) is 5.26 Å². The van der Waals surface area contributed by atoms with E-state index >= 15 is 0 Å². The van der Waals surface area contributed by atoms with E-state index in [1.54, 1.807) is 18.2 Å². The summed E-state index contributed by atoms with van der Waals surface area (Å²) < 4.78 is 17.1. The topological polar surface area (TPSA) is 122 Å². The van der Waals surface area contributed by atoms with Gasteiger partial charge in [0.1, 0.15) is 30.8 Å². The second kappa shape index (κ2) is 10.8. The molecule has 31 heavy (non-hydrogen) atoms. The van der Waals surface area contributed by atoms with Crippen LogP contribution in [0.25, 0.3) is 0 Å². The third-order valence-electron chi connectivity index (χ3n) is 4.12. The molecule has 0 saturated carbocycles. The van der Waals surface area contributed by atoms with Crippen molar-refractivity contribution in [3.8, 4) is 23.4 Å². The lowest BCUT2D eigenvalue weighted by atomic mass is 10.2. The van der Waals surface area contributed by atoms with Crippen molar-refractivity contribution in [1.82, 2.24) is 14.9 Å². The van der Waals surface area contributed by atoms with Crippen LogP contribution in [0.4, 0.5) is 16.3 Å². The smallest absolute Gasteiger partial charge is 0.325 e. The van der Waals surface area contributed by atoms with E-state index in [0.29, 0.717) is 43.4 Å². The number of rotatable bonds is 4. The van der Waals surface area contributed by atoms with E-state index in [1.807, 2.05) is 37.2 Å². The minimum Gasteiger partial charge on any atom is -0.492 e. The molecule has 1 aromatic carbocycles. The highest BCUT2D eigenvalue weighted by Gasteiger charge is 2.14. The number of hydrogen-bond donors (Lipinski definition) is 2. The zero-order chi connectivity index (χ0) is 22.1. The van der Waals surface area contributed by atoms with Crippen molar-refractivity contribution in [3.63, 3.8) is 0 Å². The predicted octanol–water partition coefficient (Wildman–Crippen LogP) is 2.65. The van der Waals surface area contributed by atoms with Gasteiger partial charge in [-0.05, 0) is 32.6 Å². The highest BCUT2D eigenvalue weighted by molar-refractivity contribution is 6.00. The first-order valence-corrected chi connectivity index (χ1v) is 9.72. The van der Waals surface area contributed by atoms with Crippen LogP contribution < -0.4 is 24.8 Å². The monoisotopic (exact) mass is 424 g/mol. The Morgan fingerprint density at radius 1 is 1.26 bits per heavy atom. The van der Waals surface area contributed by atoms with E-state index < -0.39 is 6.03 Å². The number of nitriles is 1. The van der Waals surface area contributed by atoms with Crippen molar-refractivity contribution in [2.24, 2.45) is 0 Å². The Hall–Kier alpha value is -3.84. The molecule has 0 unspecified atom stereocenters. The number of nitrogens with one attached hydrogen (secondary N) is 2. The molecular weight excluding hydrogens is 400 g/mol. The number of ether oxygens (including phenoxy) is 3. The number of fused-ring (bicyclic) bond motifs is 3. The molecule has 3 rings (SSSR count). The van der Waals surface area contributed by atoms with Gasteiger partial charge in [0.15, 0.2) is 5.82 Å². The van der Waals surface area contributed by atoms with E-state index in [4.69, 9.17) is 14.2 Å². The number of aromatic nitrogens is 2. The molecule has 2 aromatic rings. The number of amides is 2. The van der Waals surface area contributed by atoms with Crippen LogP contribution in [0.3, 0.4) is 0 Å². The Labute approximate surface area is 180 Å². The molecule has 1 aromatic heterocycles. The van der Waals surface area contributed by atoms with Gasteiger partial charge in [0.25, 0.3) is 5.88 Å². The molecule has 2 heterocycles. The van der Waals surface area contributed by atoms with Crippen LogP contribution in [0.5, 0.6) is 17.4 Å². The Kier molecular flexibility index (Phi) is 7.61. The fourth-order valence-corrected chi connectivity index (χ4v) is 2.60. The molecule has 162 valence electrons. The zero-order valence-electron chi connectivity index (χ0n) is 17.4. The van der Waals surface area contributed by atoms with Crippen molar-refractivity contribution in [2.45, 2.75) is 6.42 Å². The maximum absolute atomic E-state index is 12.5. The summed E-state index contributed by atoms with van der Waals surface area (Å²) in [5, 5.41) is 14.5. The number of hydrogen-bond acceptors (Lipinski definition) is 8. The van der Waals surface area contributed by atoms with Gasteiger partial charge in [0, 0.05) is 12.6 Å². The second-order valence-electron chi connectivity index (χ2n) is 6.83. The van der Waals surface area contributed by atoms with Gasteiger partial charge in [-0.1, -0.05) is 12.2 Å². The molecule has 0 spiro atoms. The lowest BCUT2D eigenvalue weighted by Crippen LogP contribution is -2.21. The highest BCUT2D eigenvalue weighted by Crippen LogP contribution is 2.30. The minimum absolute atomic E-state index is 0.0486. The predicted molar refractivity (Wildman–Crippen MR) is 115 cm³/mol. The van der Waals surface area contributed by atoms with Gasteiger partial charge in [0.05, 0.1) is 18.5 Å². The molecule has 1 aliphatic heterocycles. The fourth-order valence-electron chi connectivity index (χ4n) is 2.60. The minimum atomic E-state index is -0.550. The summed E-state index contributed by atoms with van der Waals surface area (Å²) in [6.07, 6.45) is 5.64. The van der Waals surface area contributed by atoms with Crippen LogP contribution in [-0.4, -0.2) is 61.4 Å². The van der Waals surface area contributed by atoms with Gasteiger partial charge >= 0.3 is 6.03 Å². The molecule has 0 aliphatic carbocycles. The normalized spacial score (nSPS) is 15.0. The molecule has 2 N–H and O–H groups in total. The number of benzene rings is 1. The van der Waals surface area contributed by atoms with Gasteiger partial charge in [-0.3, -0.25) is 5.32 Å². The number of nitrogens with zero attached hydrogens (tertiary/aromatic N) is 4. The maximum atomic E-state index is 12.5. The average Bonchev–Trinajstić information content (AvgIpc) is 2.74. The lowest BCUT2D eigenvalue weighted by Gasteiger charge is -2.15. The summed E-state index contributed by atoms with van der Waals surface area (Å²) in [5.74, 6) is 1.32. The summed E-state index contributed by atoms with van der Waals surface area (Å²) in [6, 6.07) is 6.61. The number of carbonyl (C=O) groups excluding carboxylic acids is 1. The van der Waals surface area contributed by atoms with E-state index in [2.05, 4.69) is 20.6 Å². The second-order valence-corrected chi connectivity index (χ2v) is 6.83. The molecule has 0 radical (unpaired) electrons. The van der Waals surface area contributed by atoms with Crippen LogP contribution in [0.1, 0.15) is 12.1 Å². The van der Waals surface area contributed by atoms with Crippen LogP contribution in [0, 0.1) is 11.3 Å². The van der Waals surface area contributed by atoms with Gasteiger partial charge in [-0.15, -0.1) is 0 Å². The quantitative estimate of drug-likeness (QED) is 0.719. The van der Waals surface area contributed by atoms with E-state index in [-0.39, 0.29) is 17.4 Å². The molecule has 2 bridgehead atoms. The van der Waals surface area contributed by atoms with Crippen LogP contribution in [0.2, 0.25) is 0 Å². The molecule has 0 saturated heterocycles. The molecule has 1 aliphatic rings. The first kappa shape index (κ1) is 21.9. The molecule has 0 atom stereocenters. The number of likely N-dealkylation sites (N-methyl/N-ethyl adjacent to an activating group) is 1. The third-order valence-corrected chi connectivity index (χ3v) is 4.12. The number of urea groups is 1. The first-order valence-electron chi connectivity index (χ1n) is 9.72. The van der Waals surface area contributed by atoms with Crippen LogP contribution in [-0.2, 0) is 0 Å². The van der Waals surface area contributed by atoms with Gasteiger partial charge < -0.3 is 24.4 Å². The Bertz CT molecular complexity index is 986. The summed E-state index contributed by atoms with van der Waals surface area (Å²) in [7, 11) is 3.93. The number of anilines is 2. The molecular formula is C21H24N6O4. The Morgan fingerprint density at radius 3 is 2.94 bits per heavy atom. The first-order chi connectivity index (χ1) is 15.0. The van der Waals surface area contributed by atoms with Crippen molar-refractivity contribution >= 4 is 17.5 Å². The van der Waals surface area contributed by atoms with Crippen molar-refractivity contribution in [2.75, 3.05) is 51.1 Å². The summed E-state index contributed by atoms with van der Waals surface area (Å²) in [5.41, 5.74) is 0.494. The van der Waals surface area contributed by atoms with Gasteiger partial charge in [-0.2, -0.15) is 10.2 Å². The van der Waals surface area contributed by atoms with E-state index in [1.165, 1.54) is 6.20 Å². The zero-order valence-corrected chi connectivity index (χ0v) is 17.4. The third kappa shape index (κ3) is 6.58. The van der Waals surface area contributed by atoms with Gasteiger partial charge in [-0.25, -0.2) is 9.78 Å². The molecule has 2 amide bonds. The molecule has 10 nitrogen and oxygen atoms in total. The largest absolute Gasteiger partial charge is 0.492 e. The summed E-state index contributed by atoms with van der Waals surface area (Å²) in [4.78, 5) is 22.7. The highest BCUT2D eigenvalue weighted by atomic mass is 16.5. The Balaban J connectivity index is 1.83. The van der Waals surface area contributed by atoms with Crippen molar-refractivity contribution < 1.29 is 19.0 Å². The SMILES string of the molecule is CN(C)CCOc1ccc2c(c1)NC(=O)Nc1cnc(C#N)c(n1)OCC/C=C/CO2. The maximum Gasteiger partial charge on any atom is 0.325 e.